The van der Waals surface area contributed by atoms with E-state index in [1.807, 2.05) is 36.4 Å². The molecule has 3 heterocycles. The Bertz CT molecular complexity index is 903. The van der Waals surface area contributed by atoms with E-state index >= 15 is 0 Å². The lowest BCUT2D eigenvalue weighted by Crippen LogP contribution is -2.18. The Kier molecular flexibility index (Phi) is 3.51. The molecule has 4 N–H and O–H groups in total. The largest absolute Gasteiger partial charge is 0.384 e. The summed E-state index contributed by atoms with van der Waals surface area (Å²) in [5.41, 5.74) is 10.5. The van der Waals surface area contributed by atoms with E-state index < -0.39 is 0 Å². The summed E-state index contributed by atoms with van der Waals surface area (Å²) >= 11 is 0. The van der Waals surface area contributed by atoms with E-state index in [1.165, 1.54) is 0 Å². The number of hydrogen-bond acceptors (Lipinski definition) is 5. The van der Waals surface area contributed by atoms with Crippen LogP contribution in [0, 0.1) is 0 Å². The number of ketones is 1. The topological polar surface area (TPSA) is 93.0 Å². The Hall–Kier alpha value is -3.12. The van der Waals surface area contributed by atoms with Crippen LogP contribution < -0.4 is 11.1 Å². The molecule has 0 fully saturated rings. The van der Waals surface area contributed by atoms with Crippen LogP contribution in [0.15, 0.2) is 48.7 Å². The molecule has 0 spiro atoms. The fourth-order valence-electron chi connectivity index (χ4n) is 2.90. The third-order valence-corrected chi connectivity index (χ3v) is 3.95. The molecule has 0 atom stereocenters. The van der Waals surface area contributed by atoms with Crippen molar-refractivity contribution in [2.24, 2.45) is 0 Å². The van der Waals surface area contributed by atoms with Gasteiger partial charge in [-0.25, -0.2) is 4.98 Å². The molecule has 1 aliphatic heterocycles. The van der Waals surface area contributed by atoms with Crippen LogP contribution in [0.2, 0.25) is 0 Å². The highest BCUT2D eigenvalue weighted by Gasteiger charge is 2.27. The molecule has 0 saturated heterocycles. The van der Waals surface area contributed by atoms with Crippen molar-refractivity contribution in [3.63, 3.8) is 0 Å². The Morgan fingerprint density at radius 1 is 1.17 bits per heavy atom. The highest BCUT2D eigenvalue weighted by Crippen LogP contribution is 2.37. The number of ether oxygens (including phenoxy) is 1. The molecule has 6 nitrogen and oxygen atoms in total. The summed E-state index contributed by atoms with van der Waals surface area (Å²) in [5, 5.41) is 3.36. The number of nitrogen functional groups attached to an aromatic ring is 1. The molecule has 6 heteroatoms. The van der Waals surface area contributed by atoms with Gasteiger partial charge in [0, 0.05) is 17.4 Å². The average Bonchev–Trinajstić information content (AvgIpc) is 2.96. The summed E-state index contributed by atoms with van der Waals surface area (Å²) in [6, 6.07) is 13.4. The van der Waals surface area contributed by atoms with E-state index in [4.69, 9.17) is 10.5 Å². The number of aromatic amines is 1. The number of para-hydroxylation sites is 1. The standard InChI is InChI=1S/C18H16N4O2/c19-15-8-11(6-7-20-15)17-18(21-12-4-2-1-3-5-12)16-13(22-17)9-24-10-14(16)23/h1-8,21-22H,9-10H2,(H2,19,20). The predicted octanol–water partition coefficient (Wildman–Crippen LogP) is 3.12. The number of nitrogens with two attached hydrogens (primary N) is 1. The molecule has 24 heavy (non-hydrogen) atoms. The van der Waals surface area contributed by atoms with Crippen molar-refractivity contribution in [3.8, 4) is 11.3 Å². The van der Waals surface area contributed by atoms with Crippen molar-refractivity contribution >= 4 is 23.0 Å². The van der Waals surface area contributed by atoms with Crippen molar-refractivity contribution in [2.75, 3.05) is 17.7 Å². The maximum atomic E-state index is 12.4. The van der Waals surface area contributed by atoms with E-state index in [0.717, 1.165) is 28.3 Å². The van der Waals surface area contributed by atoms with Gasteiger partial charge < -0.3 is 20.8 Å². The van der Waals surface area contributed by atoms with Gasteiger partial charge in [0.25, 0.3) is 0 Å². The lowest BCUT2D eigenvalue weighted by atomic mass is 10.1. The predicted molar refractivity (Wildman–Crippen MR) is 92.1 cm³/mol. The van der Waals surface area contributed by atoms with Crippen LogP contribution in [0.3, 0.4) is 0 Å². The number of hydrogen-bond donors (Lipinski definition) is 3. The van der Waals surface area contributed by atoms with Crippen LogP contribution in [0.4, 0.5) is 17.2 Å². The summed E-state index contributed by atoms with van der Waals surface area (Å²) in [6.45, 7) is 0.470. The zero-order valence-electron chi connectivity index (χ0n) is 12.9. The number of benzene rings is 1. The first-order valence-electron chi connectivity index (χ1n) is 7.62. The van der Waals surface area contributed by atoms with E-state index in [9.17, 15) is 4.79 Å². The van der Waals surface area contributed by atoms with Crippen LogP contribution >= 0.6 is 0 Å². The number of rotatable bonds is 3. The third-order valence-electron chi connectivity index (χ3n) is 3.95. The fraction of sp³-hybridized carbons (Fsp3) is 0.111. The Balaban J connectivity index is 1.88. The molecular weight excluding hydrogens is 304 g/mol. The molecule has 0 radical (unpaired) electrons. The maximum Gasteiger partial charge on any atom is 0.192 e. The Morgan fingerprint density at radius 3 is 2.79 bits per heavy atom. The zero-order chi connectivity index (χ0) is 16.5. The molecule has 3 aromatic rings. The van der Waals surface area contributed by atoms with Gasteiger partial charge in [0.1, 0.15) is 12.4 Å². The van der Waals surface area contributed by atoms with Gasteiger partial charge in [-0.3, -0.25) is 4.79 Å². The highest BCUT2D eigenvalue weighted by atomic mass is 16.5. The summed E-state index contributed by atoms with van der Waals surface area (Å²) < 4.78 is 5.34. The molecule has 4 rings (SSSR count). The first-order chi connectivity index (χ1) is 11.7. The summed E-state index contributed by atoms with van der Waals surface area (Å²) in [5.74, 6) is 0.382. The summed E-state index contributed by atoms with van der Waals surface area (Å²) in [7, 11) is 0. The van der Waals surface area contributed by atoms with Crippen molar-refractivity contribution in [2.45, 2.75) is 6.61 Å². The van der Waals surface area contributed by atoms with Crippen molar-refractivity contribution in [1.82, 2.24) is 9.97 Å². The lowest BCUT2D eigenvalue weighted by molar-refractivity contribution is 0.0660. The molecule has 0 saturated carbocycles. The normalized spacial score (nSPS) is 13.6. The summed E-state index contributed by atoms with van der Waals surface area (Å²) in [6.07, 6.45) is 1.65. The average molecular weight is 320 g/mol. The van der Waals surface area contributed by atoms with Crippen LogP contribution in [0.5, 0.6) is 0 Å². The number of nitrogens with zero attached hydrogens (tertiary/aromatic N) is 1. The van der Waals surface area contributed by atoms with Crippen LogP contribution in [-0.4, -0.2) is 22.4 Å². The fourth-order valence-corrected chi connectivity index (χ4v) is 2.90. The minimum Gasteiger partial charge on any atom is -0.384 e. The Labute approximate surface area is 138 Å². The second-order valence-electron chi connectivity index (χ2n) is 5.60. The third kappa shape index (κ3) is 2.53. The van der Waals surface area contributed by atoms with E-state index in [1.54, 1.807) is 12.3 Å². The molecule has 2 aromatic heterocycles. The molecule has 1 aliphatic rings. The highest BCUT2D eigenvalue weighted by molar-refractivity contribution is 6.07. The van der Waals surface area contributed by atoms with Gasteiger partial charge in [-0.1, -0.05) is 18.2 Å². The number of carbonyl (C=O) groups is 1. The van der Waals surface area contributed by atoms with Gasteiger partial charge in [0.15, 0.2) is 5.78 Å². The number of anilines is 3. The minimum absolute atomic E-state index is 0.0424. The van der Waals surface area contributed by atoms with Gasteiger partial charge in [-0.05, 0) is 24.3 Å². The Morgan fingerprint density at radius 2 is 2.00 bits per heavy atom. The quantitative estimate of drug-likeness (QED) is 0.689. The smallest absolute Gasteiger partial charge is 0.192 e. The first kappa shape index (κ1) is 14.5. The number of carbonyl (C=O) groups excluding carboxylic acids is 1. The zero-order valence-corrected chi connectivity index (χ0v) is 12.9. The SMILES string of the molecule is Nc1cc(-c2[nH]c3c(c2Nc2ccccc2)C(=O)COC3)ccn1. The molecule has 120 valence electrons. The van der Waals surface area contributed by atoms with Gasteiger partial charge >= 0.3 is 0 Å². The minimum atomic E-state index is -0.0424. The molecular formula is C18H16N4O2. The molecule has 0 bridgehead atoms. The van der Waals surface area contributed by atoms with Crippen molar-refractivity contribution in [3.05, 3.63) is 59.9 Å². The number of aromatic nitrogens is 2. The number of pyridine rings is 1. The number of Topliss-reactive ketones (excluding diaryl/α,β-unsaturated/α-hetero) is 1. The second-order valence-corrected chi connectivity index (χ2v) is 5.60. The second kappa shape index (κ2) is 5.82. The van der Waals surface area contributed by atoms with E-state index in [0.29, 0.717) is 18.0 Å². The molecule has 1 aromatic carbocycles. The van der Waals surface area contributed by atoms with Crippen LogP contribution in [-0.2, 0) is 11.3 Å². The monoisotopic (exact) mass is 320 g/mol. The van der Waals surface area contributed by atoms with Gasteiger partial charge in [0.05, 0.1) is 29.2 Å². The van der Waals surface area contributed by atoms with E-state index in [2.05, 4.69) is 15.3 Å². The molecule has 0 amide bonds. The lowest BCUT2D eigenvalue weighted by Gasteiger charge is -2.14. The van der Waals surface area contributed by atoms with Crippen LogP contribution in [0.1, 0.15) is 16.1 Å². The van der Waals surface area contributed by atoms with Gasteiger partial charge in [-0.15, -0.1) is 0 Å². The number of H-pyrrole nitrogens is 1. The van der Waals surface area contributed by atoms with Crippen molar-refractivity contribution in [1.29, 1.82) is 0 Å². The number of fused-ring (bicyclic) bond motifs is 1. The number of nitrogens with one attached hydrogen (secondary N) is 2. The van der Waals surface area contributed by atoms with Gasteiger partial charge in [0.2, 0.25) is 0 Å². The molecule has 0 aliphatic carbocycles. The molecule has 0 unspecified atom stereocenters. The van der Waals surface area contributed by atoms with E-state index in [-0.39, 0.29) is 12.4 Å². The summed E-state index contributed by atoms with van der Waals surface area (Å²) in [4.78, 5) is 19.7. The van der Waals surface area contributed by atoms with Gasteiger partial charge in [-0.2, -0.15) is 0 Å². The maximum absolute atomic E-state index is 12.4. The van der Waals surface area contributed by atoms with Crippen molar-refractivity contribution < 1.29 is 9.53 Å². The van der Waals surface area contributed by atoms with Crippen LogP contribution in [0.25, 0.3) is 11.3 Å². The first-order valence-corrected chi connectivity index (χ1v) is 7.62.